The molecule has 0 radical (unpaired) electrons. The highest BCUT2D eigenvalue weighted by Gasteiger charge is 2.14. The summed E-state index contributed by atoms with van der Waals surface area (Å²) in [5.74, 6) is 0. The van der Waals surface area contributed by atoms with Crippen molar-refractivity contribution in [1.82, 2.24) is 0 Å². The van der Waals surface area contributed by atoms with E-state index in [4.69, 9.17) is 0 Å². The summed E-state index contributed by atoms with van der Waals surface area (Å²) < 4.78 is 0.911. The van der Waals surface area contributed by atoms with E-state index in [1.54, 1.807) is 7.05 Å². The van der Waals surface area contributed by atoms with Crippen LogP contribution in [0.5, 0.6) is 0 Å². The van der Waals surface area contributed by atoms with E-state index in [-0.39, 0.29) is 0 Å². The van der Waals surface area contributed by atoms with Crippen LogP contribution in [-0.4, -0.2) is 18.6 Å². The SMILES string of the molecule is CN=C(S)S[Si](C)(C)C. The first-order chi connectivity index (χ1) is 3.95. The van der Waals surface area contributed by atoms with Gasteiger partial charge in [0.2, 0.25) is 0 Å². The van der Waals surface area contributed by atoms with Gasteiger partial charge < -0.3 is 0 Å². The van der Waals surface area contributed by atoms with Crippen LogP contribution in [0.2, 0.25) is 19.6 Å². The third-order valence-electron chi connectivity index (χ3n) is 0.589. The van der Waals surface area contributed by atoms with Gasteiger partial charge in [-0.2, -0.15) is 0 Å². The number of thiol groups is 1. The van der Waals surface area contributed by atoms with E-state index < -0.39 is 7.22 Å². The molecule has 0 aliphatic rings. The molecule has 0 N–H and O–H groups in total. The molecule has 0 amide bonds. The molecule has 0 saturated carbocycles. The Labute approximate surface area is 67.4 Å². The average Bonchev–Trinajstić information content (AvgIpc) is 1.62. The molecule has 4 heteroatoms. The molecular formula is C5H13NS2Si. The Morgan fingerprint density at radius 1 is 1.44 bits per heavy atom. The van der Waals surface area contributed by atoms with Crippen molar-refractivity contribution in [2.45, 2.75) is 19.6 Å². The molecular weight excluding hydrogens is 166 g/mol. The van der Waals surface area contributed by atoms with E-state index in [0.29, 0.717) is 0 Å². The lowest BCUT2D eigenvalue weighted by molar-refractivity contribution is 1.48. The fourth-order valence-corrected chi connectivity index (χ4v) is 5.34. The van der Waals surface area contributed by atoms with Crippen LogP contribution < -0.4 is 0 Å². The third kappa shape index (κ3) is 6.47. The Morgan fingerprint density at radius 3 is 2.00 bits per heavy atom. The minimum Gasteiger partial charge on any atom is -0.276 e. The lowest BCUT2D eigenvalue weighted by Crippen LogP contribution is -2.15. The molecule has 0 fully saturated rings. The number of hydrogen-bond donors (Lipinski definition) is 1. The molecule has 1 nitrogen and oxygen atoms in total. The maximum atomic E-state index is 4.17. The second-order valence-corrected chi connectivity index (χ2v) is 12.5. The van der Waals surface area contributed by atoms with E-state index in [2.05, 4.69) is 37.3 Å². The van der Waals surface area contributed by atoms with Crippen LogP contribution in [0.15, 0.2) is 4.99 Å². The van der Waals surface area contributed by atoms with Gasteiger partial charge in [-0.05, 0) is 0 Å². The zero-order chi connectivity index (χ0) is 7.49. The summed E-state index contributed by atoms with van der Waals surface area (Å²) in [6, 6.07) is 0. The molecule has 0 aromatic carbocycles. The third-order valence-corrected chi connectivity index (χ3v) is 4.97. The molecule has 9 heavy (non-hydrogen) atoms. The normalized spacial score (nSPS) is 14.1. The first-order valence-electron chi connectivity index (χ1n) is 2.80. The van der Waals surface area contributed by atoms with Crippen molar-refractivity contribution in [3.63, 3.8) is 0 Å². The van der Waals surface area contributed by atoms with Gasteiger partial charge >= 0.3 is 0 Å². The van der Waals surface area contributed by atoms with Gasteiger partial charge in [-0.15, -0.1) is 23.8 Å². The molecule has 0 spiro atoms. The largest absolute Gasteiger partial charge is 0.276 e. The first kappa shape index (κ1) is 9.59. The quantitative estimate of drug-likeness (QED) is 0.282. The zero-order valence-electron chi connectivity index (χ0n) is 6.30. The fourth-order valence-electron chi connectivity index (χ4n) is 0.320. The van der Waals surface area contributed by atoms with E-state index in [9.17, 15) is 0 Å². The molecule has 0 unspecified atom stereocenters. The van der Waals surface area contributed by atoms with Gasteiger partial charge in [0.05, 0.1) is 0 Å². The Hall–Kier alpha value is 0.587. The highest BCUT2D eigenvalue weighted by molar-refractivity contribution is 8.49. The minimum absolute atomic E-state index is 0.911. The van der Waals surface area contributed by atoms with Crippen LogP contribution in [0.4, 0.5) is 0 Å². The predicted octanol–water partition coefficient (Wildman–Crippen LogP) is 2.47. The summed E-state index contributed by atoms with van der Waals surface area (Å²) in [5.41, 5.74) is 0. The van der Waals surface area contributed by atoms with Crippen molar-refractivity contribution in [1.29, 1.82) is 0 Å². The molecule has 0 aromatic heterocycles. The molecule has 0 bridgehead atoms. The smallest absolute Gasteiger partial charge is 0.117 e. The molecule has 54 valence electrons. The number of nitrogens with zero attached hydrogens (tertiary/aromatic N) is 1. The van der Waals surface area contributed by atoms with Crippen LogP contribution >= 0.6 is 23.8 Å². The molecule has 0 aromatic rings. The standard InChI is InChI=1S/C5H13NS2Si/c1-6-5(7)8-9(2,3)4/h1-4H3,(H,6,7). The first-order valence-corrected chi connectivity index (χ1v) is 8.29. The molecule has 0 rings (SSSR count). The van der Waals surface area contributed by atoms with Crippen molar-refractivity contribution >= 4 is 35.4 Å². The topological polar surface area (TPSA) is 12.4 Å². The maximum absolute atomic E-state index is 4.17. The van der Waals surface area contributed by atoms with E-state index in [1.807, 2.05) is 11.2 Å². The average molecular weight is 179 g/mol. The summed E-state index contributed by atoms with van der Waals surface area (Å²) in [6.45, 7) is 6.83. The Balaban J connectivity index is 3.75. The molecule has 0 heterocycles. The van der Waals surface area contributed by atoms with Crippen LogP contribution in [0.1, 0.15) is 0 Å². The number of hydrogen-bond acceptors (Lipinski definition) is 2. The summed E-state index contributed by atoms with van der Waals surface area (Å²) in [4.78, 5) is 3.95. The van der Waals surface area contributed by atoms with Gasteiger partial charge in [0.15, 0.2) is 0 Å². The lowest BCUT2D eigenvalue weighted by atomic mass is 11.4. The lowest BCUT2D eigenvalue weighted by Gasteiger charge is -2.12. The summed E-state index contributed by atoms with van der Waals surface area (Å²) in [6.07, 6.45) is 0. The fraction of sp³-hybridized carbons (Fsp3) is 0.800. The van der Waals surface area contributed by atoms with Gasteiger partial charge in [-0.1, -0.05) is 19.6 Å². The van der Waals surface area contributed by atoms with Crippen LogP contribution in [-0.2, 0) is 0 Å². The van der Waals surface area contributed by atoms with Crippen molar-refractivity contribution in [2.24, 2.45) is 4.99 Å². The minimum atomic E-state index is -1.03. The van der Waals surface area contributed by atoms with Crippen molar-refractivity contribution in [3.8, 4) is 0 Å². The molecule has 0 aliphatic heterocycles. The summed E-state index contributed by atoms with van der Waals surface area (Å²) in [7, 11) is 0.742. The Bertz CT molecular complexity index is 117. The van der Waals surface area contributed by atoms with Crippen LogP contribution in [0.25, 0.3) is 0 Å². The molecule has 0 aliphatic carbocycles. The van der Waals surface area contributed by atoms with Crippen LogP contribution in [0.3, 0.4) is 0 Å². The Kier molecular flexibility index (Phi) is 3.92. The summed E-state index contributed by atoms with van der Waals surface area (Å²) in [5, 5.41) is 0. The van der Waals surface area contributed by atoms with Crippen molar-refractivity contribution in [3.05, 3.63) is 0 Å². The monoisotopic (exact) mass is 179 g/mol. The Morgan fingerprint density at radius 2 is 1.89 bits per heavy atom. The van der Waals surface area contributed by atoms with Crippen molar-refractivity contribution in [2.75, 3.05) is 7.05 Å². The molecule has 0 saturated heterocycles. The van der Waals surface area contributed by atoms with Gasteiger partial charge in [0.25, 0.3) is 0 Å². The maximum Gasteiger partial charge on any atom is 0.117 e. The second-order valence-electron chi connectivity index (χ2n) is 2.72. The van der Waals surface area contributed by atoms with E-state index >= 15 is 0 Å². The highest BCUT2D eigenvalue weighted by atomic mass is 32.4. The highest BCUT2D eigenvalue weighted by Crippen LogP contribution is 2.22. The predicted molar refractivity (Wildman–Crippen MR) is 53.3 cm³/mol. The van der Waals surface area contributed by atoms with Gasteiger partial charge in [0.1, 0.15) is 11.6 Å². The zero-order valence-corrected chi connectivity index (χ0v) is 9.01. The van der Waals surface area contributed by atoms with Gasteiger partial charge in [-0.3, -0.25) is 4.99 Å². The van der Waals surface area contributed by atoms with Crippen molar-refractivity contribution < 1.29 is 0 Å². The summed E-state index contributed by atoms with van der Waals surface area (Å²) >= 11 is 5.98. The number of aliphatic imine (C=N–C) groups is 1. The number of rotatable bonds is 1. The molecule has 0 atom stereocenters. The van der Waals surface area contributed by atoms with E-state index in [1.165, 1.54) is 0 Å². The van der Waals surface area contributed by atoms with Crippen LogP contribution in [0, 0.1) is 0 Å². The second kappa shape index (κ2) is 3.68. The van der Waals surface area contributed by atoms with Gasteiger partial charge in [-0.25, -0.2) is 0 Å². The van der Waals surface area contributed by atoms with Gasteiger partial charge in [0, 0.05) is 7.05 Å². The van der Waals surface area contributed by atoms with E-state index in [0.717, 1.165) is 4.38 Å².